The van der Waals surface area contributed by atoms with Crippen LogP contribution in [0.3, 0.4) is 0 Å². The summed E-state index contributed by atoms with van der Waals surface area (Å²) >= 11 is 0. The van der Waals surface area contributed by atoms with Crippen molar-refractivity contribution in [3.8, 4) is 0 Å². The van der Waals surface area contributed by atoms with Crippen molar-refractivity contribution in [1.29, 1.82) is 0 Å². The molecule has 122 valence electrons. The van der Waals surface area contributed by atoms with Crippen LogP contribution in [0.5, 0.6) is 0 Å². The molecule has 0 aromatic rings. The molecule has 0 N–H and O–H groups in total. The normalized spacial score (nSPS) is 23.0. The van der Waals surface area contributed by atoms with E-state index >= 15 is 0 Å². The highest BCUT2D eigenvalue weighted by Gasteiger charge is 2.27. The SMILES string of the molecule is CCC1CCN(C(=O)CC2CCN(CC(F)F)CC2)CC1. The summed E-state index contributed by atoms with van der Waals surface area (Å²) in [5.74, 6) is 1.44. The molecule has 5 heteroatoms. The Morgan fingerprint density at radius 1 is 1.05 bits per heavy atom. The third-order valence-electron chi connectivity index (χ3n) is 5.11. The van der Waals surface area contributed by atoms with Gasteiger partial charge < -0.3 is 4.90 Å². The molecule has 0 unspecified atom stereocenters. The Morgan fingerprint density at radius 2 is 1.62 bits per heavy atom. The third-order valence-corrected chi connectivity index (χ3v) is 5.11. The summed E-state index contributed by atoms with van der Waals surface area (Å²) in [5, 5.41) is 0. The number of hydrogen-bond donors (Lipinski definition) is 0. The Balaban J connectivity index is 1.67. The number of carbonyl (C=O) groups excluding carboxylic acids is 1. The maximum Gasteiger partial charge on any atom is 0.251 e. The summed E-state index contributed by atoms with van der Waals surface area (Å²) < 4.78 is 24.7. The summed E-state index contributed by atoms with van der Waals surface area (Å²) in [7, 11) is 0. The van der Waals surface area contributed by atoms with E-state index in [1.165, 1.54) is 6.42 Å². The molecule has 2 heterocycles. The number of rotatable bonds is 5. The van der Waals surface area contributed by atoms with Gasteiger partial charge in [-0.2, -0.15) is 0 Å². The average Bonchev–Trinajstić information content (AvgIpc) is 2.49. The molecule has 0 saturated carbocycles. The van der Waals surface area contributed by atoms with Gasteiger partial charge >= 0.3 is 0 Å². The van der Waals surface area contributed by atoms with Crippen molar-refractivity contribution in [1.82, 2.24) is 9.80 Å². The van der Waals surface area contributed by atoms with Crippen LogP contribution in [-0.2, 0) is 4.79 Å². The number of halogens is 2. The maximum absolute atomic E-state index is 12.3. The van der Waals surface area contributed by atoms with Gasteiger partial charge in [-0.15, -0.1) is 0 Å². The van der Waals surface area contributed by atoms with E-state index < -0.39 is 6.43 Å². The second kappa shape index (κ2) is 8.06. The Morgan fingerprint density at radius 3 is 2.14 bits per heavy atom. The van der Waals surface area contributed by atoms with Gasteiger partial charge in [0.25, 0.3) is 6.43 Å². The predicted molar refractivity (Wildman–Crippen MR) is 79.4 cm³/mol. The van der Waals surface area contributed by atoms with Gasteiger partial charge in [-0.25, -0.2) is 8.78 Å². The van der Waals surface area contributed by atoms with Gasteiger partial charge in [0.1, 0.15) is 0 Å². The predicted octanol–water partition coefficient (Wildman–Crippen LogP) is 3.00. The van der Waals surface area contributed by atoms with Gasteiger partial charge in [-0.3, -0.25) is 9.69 Å². The molecule has 0 spiro atoms. The van der Waals surface area contributed by atoms with E-state index in [0.29, 0.717) is 25.4 Å². The first-order valence-corrected chi connectivity index (χ1v) is 8.36. The summed E-state index contributed by atoms with van der Waals surface area (Å²) in [6.45, 7) is 5.32. The molecule has 2 aliphatic heterocycles. The first-order valence-electron chi connectivity index (χ1n) is 8.36. The molecular formula is C16H28F2N2O. The van der Waals surface area contributed by atoms with Crippen molar-refractivity contribution < 1.29 is 13.6 Å². The maximum atomic E-state index is 12.3. The molecule has 3 nitrogen and oxygen atoms in total. The molecule has 1 amide bonds. The quantitative estimate of drug-likeness (QED) is 0.779. The summed E-state index contributed by atoms with van der Waals surface area (Å²) in [4.78, 5) is 16.1. The smallest absolute Gasteiger partial charge is 0.251 e. The van der Waals surface area contributed by atoms with Crippen molar-refractivity contribution >= 4 is 5.91 Å². The van der Waals surface area contributed by atoms with Crippen LogP contribution < -0.4 is 0 Å². The Kier molecular flexibility index (Phi) is 6.40. The Labute approximate surface area is 126 Å². The van der Waals surface area contributed by atoms with Crippen molar-refractivity contribution in [3.05, 3.63) is 0 Å². The van der Waals surface area contributed by atoms with E-state index in [0.717, 1.165) is 44.7 Å². The molecule has 0 bridgehead atoms. The van der Waals surface area contributed by atoms with Crippen LogP contribution in [0.2, 0.25) is 0 Å². The van der Waals surface area contributed by atoms with Gasteiger partial charge in [-0.1, -0.05) is 13.3 Å². The van der Waals surface area contributed by atoms with Crippen LogP contribution in [0.25, 0.3) is 0 Å². The molecule has 0 atom stereocenters. The lowest BCUT2D eigenvalue weighted by Gasteiger charge is -2.35. The van der Waals surface area contributed by atoms with E-state index in [-0.39, 0.29) is 12.5 Å². The van der Waals surface area contributed by atoms with E-state index in [2.05, 4.69) is 6.92 Å². The van der Waals surface area contributed by atoms with E-state index in [4.69, 9.17) is 0 Å². The largest absolute Gasteiger partial charge is 0.343 e. The van der Waals surface area contributed by atoms with Gasteiger partial charge in [-0.05, 0) is 50.6 Å². The topological polar surface area (TPSA) is 23.6 Å². The lowest BCUT2D eigenvalue weighted by molar-refractivity contribution is -0.134. The molecule has 0 aromatic carbocycles. The standard InChI is InChI=1S/C16H28F2N2O/c1-2-13-5-9-20(10-6-13)16(21)11-14-3-7-19(8-4-14)12-15(17)18/h13-15H,2-12H2,1H3. The van der Waals surface area contributed by atoms with Crippen LogP contribution in [0.1, 0.15) is 45.4 Å². The highest BCUT2D eigenvalue weighted by atomic mass is 19.3. The van der Waals surface area contributed by atoms with Gasteiger partial charge in [0.15, 0.2) is 0 Å². The number of alkyl halides is 2. The molecule has 2 fully saturated rings. The van der Waals surface area contributed by atoms with Crippen LogP contribution in [0.4, 0.5) is 8.78 Å². The van der Waals surface area contributed by atoms with E-state index in [9.17, 15) is 13.6 Å². The zero-order valence-electron chi connectivity index (χ0n) is 13.1. The zero-order valence-corrected chi connectivity index (χ0v) is 13.1. The number of piperidine rings is 2. The van der Waals surface area contributed by atoms with Crippen LogP contribution in [-0.4, -0.2) is 54.9 Å². The minimum atomic E-state index is -2.25. The number of hydrogen-bond acceptors (Lipinski definition) is 2. The summed E-state index contributed by atoms with van der Waals surface area (Å²) in [6, 6.07) is 0. The number of carbonyl (C=O) groups is 1. The number of amides is 1. The zero-order chi connectivity index (χ0) is 15.2. The third kappa shape index (κ3) is 5.20. The number of nitrogens with zero attached hydrogens (tertiary/aromatic N) is 2. The molecule has 0 aromatic heterocycles. The fraction of sp³-hybridized carbons (Fsp3) is 0.938. The molecule has 2 aliphatic rings. The minimum Gasteiger partial charge on any atom is -0.343 e. The molecule has 0 radical (unpaired) electrons. The van der Waals surface area contributed by atoms with Crippen LogP contribution >= 0.6 is 0 Å². The minimum absolute atomic E-state index is 0.120. The van der Waals surface area contributed by atoms with Crippen LogP contribution in [0, 0.1) is 11.8 Å². The van der Waals surface area contributed by atoms with Crippen LogP contribution in [0.15, 0.2) is 0 Å². The molecule has 0 aliphatic carbocycles. The van der Waals surface area contributed by atoms with Crippen molar-refractivity contribution in [2.75, 3.05) is 32.7 Å². The number of likely N-dealkylation sites (tertiary alicyclic amines) is 2. The lowest BCUT2D eigenvalue weighted by atomic mass is 9.91. The lowest BCUT2D eigenvalue weighted by Crippen LogP contribution is -2.41. The monoisotopic (exact) mass is 302 g/mol. The Hall–Kier alpha value is -0.710. The van der Waals surface area contributed by atoms with Crippen molar-refractivity contribution in [3.63, 3.8) is 0 Å². The summed E-state index contributed by atoms with van der Waals surface area (Å²) in [6.07, 6.45) is 3.60. The van der Waals surface area contributed by atoms with Gasteiger partial charge in [0, 0.05) is 19.5 Å². The molecule has 2 saturated heterocycles. The van der Waals surface area contributed by atoms with Crippen molar-refractivity contribution in [2.45, 2.75) is 51.9 Å². The van der Waals surface area contributed by atoms with E-state index in [1.807, 2.05) is 9.80 Å². The van der Waals surface area contributed by atoms with Gasteiger partial charge in [0.2, 0.25) is 5.91 Å². The molecule has 2 rings (SSSR count). The van der Waals surface area contributed by atoms with E-state index in [1.54, 1.807) is 0 Å². The highest BCUT2D eigenvalue weighted by Crippen LogP contribution is 2.25. The van der Waals surface area contributed by atoms with Crippen molar-refractivity contribution in [2.24, 2.45) is 11.8 Å². The first-order chi connectivity index (χ1) is 10.1. The fourth-order valence-corrected chi connectivity index (χ4v) is 3.53. The first kappa shape index (κ1) is 16.7. The average molecular weight is 302 g/mol. The molecular weight excluding hydrogens is 274 g/mol. The second-order valence-electron chi connectivity index (χ2n) is 6.57. The second-order valence-corrected chi connectivity index (χ2v) is 6.57. The molecule has 21 heavy (non-hydrogen) atoms. The summed E-state index contributed by atoms with van der Waals surface area (Å²) in [5.41, 5.74) is 0. The Bertz CT molecular complexity index is 322. The fourth-order valence-electron chi connectivity index (χ4n) is 3.53. The highest BCUT2D eigenvalue weighted by molar-refractivity contribution is 5.76. The van der Waals surface area contributed by atoms with Gasteiger partial charge in [0.05, 0.1) is 6.54 Å².